The first kappa shape index (κ1) is 26.0. The molecule has 0 fully saturated rings. The van der Waals surface area contributed by atoms with Crippen LogP contribution in [0.25, 0.3) is 0 Å². The second-order valence-electron chi connectivity index (χ2n) is 8.46. The van der Waals surface area contributed by atoms with Crippen LogP contribution in [-0.4, -0.2) is 47.0 Å². The predicted molar refractivity (Wildman–Crippen MR) is 132 cm³/mol. The van der Waals surface area contributed by atoms with Gasteiger partial charge in [0.1, 0.15) is 19.8 Å². The second kappa shape index (κ2) is 13.3. The predicted octanol–water partition coefficient (Wildman–Crippen LogP) is 5.39. The lowest BCUT2D eigenvalue weighted by molar-refractivity contribution is -0.00803. The van der Waals surface area contributed by atoms with E-state index in [0.29, 0.717) is 25.7 Å². The first-order valence-electron chi connectivity index (χ1n) is 11.8. The van der Waals surface area contributed by atoms with Crippen molar-refractivity contribution in [3.8, 4) is 0 Å². The molecule has 0 saturated carbocycles. The van der Waals surface area contributed by atoms with Gasteiger partial charge < -0.3 is 19.3 Å². The van der Waals surface area contributed by atoms with E-state index < -0.39 is 23.8 Å². The highest BCUT2D eigenvalue weighted by atomic mass is 16.7. The zero-order valence-electron chi connectivity index (χ0n) is 19.9. The van der Waals surface area contributed by atoms with Gasteiger partial charge in [0.15, 0.2) is 0 Å². The molecule has 2 aromatic carbocycles. The van der Waals surface area contributed by atoms with Crippen molar-refractivity contribution in [1.82, 2.24) is 4.90 Å². The van der Waals surface area contributed by atoms with E-state index in [2.05, 4.69) is 6.58 Å². The number of rotatable bonds is 11. The summed E-state index contributed by atoms with van der Waals surface area (Å²) in [4.78, 5) is 27.3. The Morgan fingerprint density at radius 3 is 2.23 bits per heavy atom. The molecule has 2 atom stereocenters. The Balaban J connectivity index is 1.71. The molecular formula is C28H33NO6. The molecule has 186 valence electrons. The number of carbonyl (C=O) groups is 2. The molecule has 7 heteroatoms. The van der Waals surface area contributed by atoms with Gasteiger partial charge in [-0.2, -0.15) is 0 Å². The van der Waals surface area contributed by atoms with Crippen LogP contribution >= 0.6 is 0 Å². The van der Waals surface area contributed by atoms with Gasteiger partial charge in [-0.15, -0.1) is 6.58 Å². The van der Waals surface area contributed by atoms with Gasteiger partial charge in [-0.3, -0.25) is 4.90 Å². The molecule has 0 aliphatic carbocycles. The molecule has 35 heavy (non-hydrogen) atoms. The van der Waals surface area contributed by atoms with Gasteiger partial charge in [-0.1, -0.05) is 78.9 Å². The molecule has 0 spiro atoms. The number of amides is 1. The largest absolute Gasteiger partial charge is 0.508 e. The number of benzene rings is 2. The molecule has 1 heterocycles. The van der Waals surface area contributed by atoms with Crippen molar-refractivity contribution in [3.05, 3.63) is 96.6 Å². The summed E-state index contributed by atoms with van der Waals surface area (Å²) in [6, 6.07) is 18.3. The van der Waals surface area contributed by atoms with Gasteiger partial charge >= 0.3 is 12.2 Å². The van der Waals surface area contributed by atoms with Gasteiger partial charge in [0.2, 0.25) is 0 Å². The molecule has 0 radical (unpaired) electrons. The van der Waals surface area contributed by atoms with Gasteiger partial charge in [0.05, 0.1) is 11.6 Å². The number of hydrogen-bond donors (Lipinski definition) is 1. The topological polar surface area (TPSA) is 85.3 Å². The second-order valence-corrected chi connectivity index (χ2v) is 8.46. The van der Waals surface area contributed by atoms with E-state index in [1.807, 2.05) is 72.8 Å². The van der Waals surface area contributed by atoms with Crippen molar-refractivity contribution in [2.24, 2.45) is 0 Å². The molecule has 1 N–H and O–H groups in total. The molecule has 7 nitrogen and oxygen atoms in total. The van der Waals surface area contributed by atoms with Gasteiger partial charge in [-0.25, -0.2) is 9.59 Å². The zero-order chi connectivity index (χ0) is 24.9. The van der Waals surface area contributed by atoms with E-state index >= 15 is 0 Å². The third-order valence-corrected chi connectivity index (χ3v) is 5.94. The fourth-order valence-electron chi connectivity index (χ4n) is 4.29. The third kappa shape index (κ3) is 7.45. The van der Waals surface area contributed by atoms with Gasteiger partial charge in [0, 0.05) is 6.61 Å². The maximum Gasteiger partial charge on any atom is 0.508 e. The summed E-state index contributed by atoms with van der Waals surface area (Å²) in [7, 11) is 0. The van der Waals surface area contributed by atoms with Crippen molar-refractivity contribution in [2.45, 2.75) is 50.5 Å². The quantitative estimate of drug-likeness (QED) is 0.343. The van der Waals surface area contributed by atoms with E-state index in [-0.39, 0.29) is 26.4 Å². The zero-order valence-corrected chi connectivity index (χ0v) is 19.9. The first-order chi connectivity index (χ1) is 17.1. The average Bonchev–Trinajstić information content (AvgIpc) is 2.89. The van der Waals surface area contributed by atoms with Crippen LogP contribution in [0.4, 0.5) is 9.59 Å². The molecule has 1 amide bonds. The summed E-state index contributed by atoms with van der Waals surface area (Å²) in [6.45, 7) is 4.04. The third-order valence-electron chi connectivity index (χ3n) is 5.94. The van der Waals surface area contributed by atoms with Crippen LogP contribution in [0.15, 0.2) is 85.5 Å². The number of hydrogen-bond acceptors (Lipinski definition) is 6. The Morgan fingerprint density at radius 1 is 1.00 bits per heavy atom. The number of aliphatic hydroxyl groups is 1. The summed E-state index contributed by atoms with van der Waals surface area (Å²) >= 11 is 0. The Kier molecular flexibility index (Phi) is 9.93. The van der Waals surface area contributed by atoms with Crippen LogP contribution < -0.4 is 0 Å². The summed E-state index contributed by atoms with van der Waals surface area (Å²) < 4.78 is 16.3. The minimum absolute atomic E-state index is 0.00733. The standard InChI is InChI=1S/C28H33NO6/c1-2-16-28(18-10-19-30)17-9-15-25(22-35-27(32)34-21-24-13-7-4-8-14-24)29(28)26(31)33-20-23-11-5-3-6-12-23/h2-9,11-14,17,25,30H,1,10,15-16,18-22H2/t25-,28+/m1/s1. The van der Waals surface area contributed by atoms with Crippen LogP contribution in [0.2, 0.25) is 0 Å². The Morgan fingerprint density at radius 2 is 1.63 bits per heavy atom. The van der Waals surface area contributed by atoms with E-state index in [4.69, 9.17) is 14.2 Å². The molecular weight excluding hydrogens is 446 g/mol. The minimum atomic E-state index is -0.800. The van der Waals surface area contributed by atoms with E-state index in [1.165, 1.54) is 0 Å². The molecule has 2 aromatic rings. The SMILES string of the molecule is C=CC[C@@]1(CCCO)C=CC[C@H](COC(=O)OCc2ccccc2)N1C(=O)OCc1ccccc1. The fourth-order valence-corrected chi connectivity index (χ4v) is 4.29. The van der Waals surface area contributed by atoms with Gasteiger partial charge in [0.25, 0.3) is 0 Å². The normalized spacial score (nSPS) is 19.1. The smallest absolute Gasteiger partial charge is 0.445 e. The maximum atomic E-state index is 13.4. The summed E-state index contributed by atoms with van der Waals surface area (Å²) in [5.41, 5.74) is 0.985. The first-order valence-corrected chi connectivity index (χ1v) is 11.8. The highest BCUT2D eigenvalue weighted by molar-refractivity contribution is 5.70. The van der Waals surface area contributed by atoms with Crippen LogP contribution in [0, 0.1) is 0 Å². The monoisotopic (exact) mass is 479 g/mol. The Hall–Kier alpha value is -3.58. The minimum Gasteiger partial charge on any atom is -0.445 e. The number of carbonyl (C=O) groups excluding carboxylic acids is 2. The van der Waals surface area contributed by atoms with Crippen molar-refractivity contribution >= 4 is 12.2 Å². The van der Waals surface area contributed by atoms with E-state index in [0.717, 1.165) is 11.1 Å². The van der Waals surface area contributed by atoms with Crippen molar-refractivity contribution in [3.63, 3.8) is 0 Å². The van der Waals surface area contributed by atoms with Crippen molar-refractivity contribution < 1.29 is 28.9 Å². The number of nitrogens with zero attached hydrogens (tertiary/aromatic N) is 1. The van der Waals surface area contributed by atoms with E-state index in [1.54, 1.807) is 11.0 Å². The molecule has 0 saturated heterocycles. The average molecular weight is 480 g/mol. The van der Waals surface area contributed by atoms with Crippen molar-refractivity contribution in [1.29, 1.82) is 0 Å². The lowest BCUT2D eigenvalue weighted by Gasteiger charge is -2.47. The highest BCUT2D eigenvalue weighted by Gasteiger charge is 2.44. The van der Waals surface area contributed by atoms with Crippen LogP contribution in [0.3, 0.4) is 0 Å². The molecule has 0 bridgehead atoms. The molecule has 0 aromatic heterocycles. The lowest BCUT2D eigenvalue weighted by atomic mass is 9.82. The maximum absolute atomic E-state index is 13.4. The Labute approximate surface area is 206 Å². The van der Waals surface area contributed by atoms with Crippen molar-refractivity contribution in [2.75, 3.05) is 13.2 Å². The molecule has 3 rings (SSSR count). The summed E-state index contributed by atoms with van der Waals surface area (Å²) in [5.74, 6) is 0. The Bertz CT molecular complexity index is 977. The molecule has 0 unspecified atom stereocenters. The van der Waals surface area contributed by atoms with Crippen LogP contribution in [0.5, 0.6) is 0 Å². The number of ether oxygens (including phenoxy) is 3. The van der Waals surface area contributed by atoms with Gasteiger partial charge in [-0.05, 0) is 36.8 Å². The number of aliphatic hydroxyl groups excluding tert-OH is 1. The van der Waals surface area contributed by atoms with Crippen LogP contribution in [-0.2, 0) is 27.4 Å². The van der Waals surface area contributed by atoms with E-state index in [9.17, 15) is 14.7 Å². The fraction of sp³-hybridized carbons (Fsp3) is 0.357. The lowest BCUT2D eigenvalue weighted by Crippen LogP contribution is -2.58. The molecule has 1 aliphatic rings. The molecule has 1 aliphatic heterocycles. The summed E-state index contributed by atoms with van der Waals surface area (Å²) in [5, 5.41) is 9.48. The van der Waals surface area contributed by atoms with Crippen LogP contribution in [0.1, 0.15) is 36.8 Å². The summed E-state index contributed by atoms with van der Waals surface area (Å²) in [6.07, 6.45) is 6.35. The highest BCUT2D eigenvalue weighted by Crippen LogP contribution is 2.35.